The smallest absolute Gasteiger partial charge is 0.306 e. The zero-order valence-corrected chi connectivity index (χ0v) is 47.7. The fraction of sp³-hybridized carbons (Fsp3) is 0.773. The second kappa shape index (κ2) is 60.4. The number of allylic oxidation sites excluding steroid dienone is 12. The van der Waals surface area contributed by atoms with Crippen LogP contribution in [-0.2, 0) is 28.6 Å². The van der Waals surface area contributed by atoms with Gasteiger partial charge in [0.05, 0.1) is 0 Å². The minimum atomic E-state index is -0.775. The maximum absolute atomic E-state index is 12.9. The van der Waals surface area contributed by atoms with E-state index in [2.05, 4.69) is 93.7 Å². The number of ether oxygens (including phenoxy) is 3. The summed E-state index contributed by atoms with van der Waals surface area (Å²) >= 11 is 0. The highest BCUT2D eigenvalue weighted by Crippen LogP contribution is 2.17. The van der Waals surface area contributed by atoms with Crippen LogP contribution in [0.2, 0.25) is 0 Å². The lowest BCUT2D eigenvalue weighted by molar-refractivity contribution is -0.167. The van der Waals surface area contributed by atoms with Gasteiger partial charge in [-0.1, -0.05) is 293 Å². The molecule has 0 bridgehead atoms. The Morgan fingerprint density at radius 1 is 0.292 bits per heavy atom. The molecule has 416 valence electrons. The average Bonchev–Trinajstić information content (AvgIpc) is 3.38. The predicted octanol–water partition coefficient (Wildman–Crippen LogP) is 20.9. The van der Waals surface area contributed by atoms with Crippen LogP contribution in [0.1, 0.15) is 310 Å². The molecular weight excluding hydrogens is 889 g/mol. The number of carbonyl (C=O) groups excluding carboxylic acids is 3. The molecule has 0 aliphatic rings. The van der Waals surface area contributed by atoms with E-state index in [4.69, 9.17) is 14.2 Å². The van der Waals surface area contributed by atoms with E-state index < -0.39 is 6.10 Å². The summed E-state index contributed by atoms with van der Waals surface area (Å²) in [7, 11) is 0. The number of rotatable bonds is 56. The first-order chi connectivity index (χ1) is 35.5. The summed E-state index contributed by atoms with van der Waals surface area (Å²) in [5.74, 6) is -0.868. The van der Waals surface area contributed by atoms with Gasteiger partial charge in [-0.05, 0) is 70.6 Å². The molecule has 0 saturated carbocycles. The second-order valence-corrected chi connectivity index (χ2v) is 20.6. The van der Waals surface area contributed by atoms with Gasteiger partial charge < -0.3 is 14.2 Å². The standard InChI is InChI=1S/C66H116O6/c1-4-7-10-13-16-19-22-24-26-28-29-30-31-32-33-34-35-36-37-38-40-41-44-47-50-53-56-59-65(68)71-62-63(61-70-64(67)58-55-52-49-46-43-21-18-15-12-9-6-3)72-66(69)60-57-54-51-48-45-42-39-27-25-23-20-17-14-11-8-5-2/h7,10,16,19,24,26,29-30,32-33,35-36,63H,4-6,8-9,11-15,17-18,20-23,25,27-28,31,34,37-62H2,1-3H3/b10-7-,19-16-,26-24-,30-29-,33-32-,36-35-. The molecule has 0 rings (SSSR count). The zero-order valence-electron chi connectivity index (χ0n) is 47.7. The Morgan fingerprint density at radius 3 is 0.847 bits per heavy atom. The summed E-state index contributed by atoms with van der Waals surface area (Å²) in [4.78, 5) is 38.2. The van der Waals surface area contributed by atoms with Gasteiger partial charge in [0.15, 0.2) is 6.10 Å². The molecule has 6 nitrogen and oxygen atoms in total. The van der Waals surface area contributed by atoms with E-state index in [0.29, 0.717) is 19.3 Å². The van der Waals surface area contributed by atoms with Crippen LogP contribution in [0.4, 0.5) is 0 Å². The van der Waals surface area contributed by atoms with Gasteiger partial charge in [0.25, 0.3) is 0 Å². The van der Waals surface area contributed by atoms with Crippen molar-refractivity contribution in [3.05, 3.63) is 72.9 Å². The van der Waals surface area contributed by atoms with Crippen molar-refractivity contribution in [1.29, 1.82) is 0 Å². The molecule has 0 aromatic rings. The highest BCUT2D eigenvalue weighted by atomic mass is 16.6. The maximum atomic E-state index is 12.9. The van der Waals surface area contributed by atoms with Crippen LogP contribution < -0.4 is 0 Å². The van der Waals surface area contributed by atoms with Gasteiger partial charge in [0, 0.05) is 19.3 Å². The van der Waals surface area contributed by atoms with Gasteiger partial charge in [0.1, 0.15) is 13.2 Å². The Kier molecular flexibility index (Phi) is 57.8. The average molecular weight is 1010 g/mol. The van der Waals surface area contributed by atoms with E-state index in [1.54, 1.807) is 0 Å². The predicted molar refractivity (Wildman–Crippen MR) is 311 cm³/mol. The molecule has 0 aromatic carbocycles. The molecule has 0 aliphatic carbocycles. The zero-order chi connectivity index (χ0) is 52.2. The minimum absolute atomic E-state index is 0.0732. The van der Waals surface area contributed by atoms with Gasteiger partial charge in [-0.2, -0.15) is 0 Å². The van der Waals surface area contributed by atoms with Crippen molar-refractivity contribution in [2.75, 3.05) is 13.2 Å². The first-order valence-corrected chi connectivity index (χ1v) is 30.9. The number of hydrogen-bond acceptors (Lipinski definition) is 6. The quantitative estimate of drug-likeness (QED) is 0.0261. The molecule has 1 unspecified atom stereocenters. The molecule has 0 fully saturated rings. The van der Waals surface area contributed by atoms with E-state index in [-0.39, 0.29) is 31.1 Å². The first-order valence-electron chi connectivity index (χ1n) is 30.9. The van der Waals surface area contributed by atoms with E-state index >= 15 is 0 Å². The van der Waals surface area contributed by atoms with Crippen LogP contribution >= 0.6 is 0 Å². The Morgan fingerprint density at radius 2 is 0.542 bits per heavy atom. The van der Waals surface area contributed by atoms with Crippen molar-refractivity contribution in [3.63, 3.8) is 0 Å². The summed E-state index contributed by atoms with van der Waals surface area (Å²) in [6, 6.07) is 0. The number of esters is 3. The largest absolute Gasteiger partial charge is 0.462 e. The van der Waals surface area contributed by atoms with E-state index in [9.17, 15) is 14.4 Å². The summed E-state index contributed by atoms with van der Waals surface area (Å²) in [6.07, 6.45) is 77.6. The Balaban J connectivity index is 4.26. The van der Waals surface area contributed by atoms with Gasteiger partial charge >= 0.3 is 17.9 Å². The van der Waals surface area contributed by atoms with E-state index in [1.807, 2.05) is 0 Å². The first kappa shape index (κ1) is 68.8. The molecule has 0 amide bonds. The van der Waals surface area contributed by atoms with Crippen molar-refractivity contribution < 1.29 is 28.6 Å². The highest BCUT2D eigenvalue weighted by Gasteiger charge is 2.19. The lowest BCUT2D eigenvalue weighted by atomic mass is 10.0. The molecule has 0 heterocycles. The molecule has 0 saturated heterocycles. The SMILES string of the molecule is CC/C=C\C/C=C\C/C=C\C/C=C\C/C=C\C/C=C\CCCCCCCCCCC(=O)OCC(COC(=O)CCCCCCCCCCCCC)OC(=O)CCCCCCCCCCCCCCCCCC. The third-order valence-corrected chi connectivity index (χ3v) is 13.5. The molecule has 0 aromatic heterocycles. The maximum Gasteiger partial charge on any atom is 0.306 e. The fourth-order valence-electron chi connectivity index (χ4n) is 8.86. The fourth-order valence-corrected chi connectivity index (χ4v) is 8.86. The lowest BCUT2D eigenvalue weighted by Crippen LogP contribution is -2.30. The monoisotopic (exact) mass is 1000 g/mol. The summed E-state index contributed by atoms with van der Waals surface area (Å²) in [6.45, 7) is 6.55. The molecule has 1 atom stereocenters. The van der Waals surface area contributed by atoms with Crippen LogP contribution in [0.15, 0.2) is 72.9 Å². The summed E-state index contributed by atoms with van der Waals surface area (Å²) in [5, 5.41) is 0. The van der Waals surface area contributed by atoms with Gasteiger partial charge in [0.2, 0.25) is 0 Å². The molecular formula is C66H116O6. The molecule has 0 radical (unpaired) electrons. The Bertz CT molecular complexity index is 1340. The van der Waals surface area contributed by atoms with Gasteiger partial charge in [-0.15, -0.1) is 0 Å². The van der Waals surface area contributed by atoms with Crippen LogP contribution in [0.5, 0.6) is 0 Å². The second-order valence-electron chi connectivity index (χ2n) is 20.6. The van der Waals surface area contributed by atoms with Crippen molar-refractivity contribution in [2.45, 2.75) is 316 Å². The van der Waals surface area contributed by atoms with Crippen LogP contribution in [0.25, 0.3) is 0 Å². The van der Waals surface area contributed by atoms with Crippen molar-refractivity contribution in [1.82, 2.24) is 0 Å². The number of carbonyl (C=O) groups is 3. The van der Waals surface area contributed by atoms with Gasteiger partial charge in [-0.3, -0.25) is 14.4 Å². The molecule has 0 spiro atoms. The van der Waals surface area contributed by atoms with E-state index in [1.165, 1.54) is 167 Å². The van der Waals surface area contributed by atoms with Crippen molar-refractivity contribution in [2.24, 2.45) is 0 Å². The minimum Gasteiger partial charge on any atom is -0.462 e. The molecule has 0 aliphatic heterocycles. The third-order valence-electron chi connectivity index (χ3n) is 13.5. The molecule has 6 heteroatoms. The topological polar surface area (TPSA) is 78.9 Å². The molecule has 72 heavy (non-hydrogen) atoms. The number of hydrogen-bond donors (Lipinski definition) is 0. The Hall–Kier alpha value is -3.15. The normalized spacial score (nSPS) is 12.5. The number of unbranched alkanes of at least 4 members (excludes halogenated alkanes) is 33. The van der Waals surface area contributed by atoms with Gasteiger partial charge in [-0.25, -0.2) is 0 Å². The molecule has 0 N–H and O–H groups in total. The van der Waals surface area contributed by atoms with E-state index in [0.717, 1.165) is 103 Å². The van der Waals surface area contributed by atoms with Crippen LogP contribution in [0.3, 0.4) is 0 Å². The summed E-state index contributed by atoms with van der Waals surface area (Å²) in [5.41, 5.74) is 0. The van der Waals surface area contributed by atoms with Crippen LogP contribution in [0, 0.1) is 0 Å². The lowest BCUT2D eigenvalue weighted by Gasteiger charge is -2.18. The Labute approximate surface area is 446 Å². The third kappa shape index (κ3) is 57.7. The van der Waals surface area contributed by atoms with Crippen molar-refractivity contribution >= 4 is 17.9 Å². The van der Waals surface area contributed by atoms with Crippen molar-refractivity contribution in [3.8, 4) is 0 Å². The highest BCUT2D eigenvalue weighted by molar-refractivity contribution is 5.71. The van der Waals surface area contributed by atoms with Crippen LogP contribution in [-0.4, -0.2) is 37.2 Å². The summed E-state index contributed by atoms with van der Waals surface area (Å²) < 4.78 is 16.9.